The molecule has 0 aromatic heterocycles. The Hall–Kier alpha value is -2.27. The van der Waals surface area contributed by atoms with E-state index in [0.29, 0.717) is 12.0 Å². The summed E-state index contributed by atoms with van der Waals surface area (Å²) in [6, 6.07) is 15.5. The van der Waals surface area contributed by atoms with Crippen LogP contribution in [0.1, 0.15) is 28.0 Å². The molecule has 2 N–H and O–H groups in total. The molecule has 1 amide bonds. The minimum absolute atomic E-state index is 0.212. The number of carbonyl (C=O) groups excluding carboxylic acids is 1. The number of benzene rings is 2. The number of carbonyl (C=O) groups is 2. The maximum atomic E-state index is 12.6. The Labute approximate surface area is 139 Å². The zero-order valence-electron chi connectivity index (χ0n) is 12.3. The van der Waals surface area contributed by atoms with Gasteiger partial charge in [-0.1, -0.05) is 54.6 Å². The number of thiol groups is 1. The summed E-state index contributed by atoms with van der Waals surface area (Å²) in [6.07, 6.45) is 0.581. The van der Waals surface area contributed by atoms with Crippen LogP contribution < -0.4 is 5.32 Å². The smallest absolute Gasteiger partial charge is 0.330 e. The highest BCUT2D eigenvalue weighted by atomic mass is 32.1. The Morgan fingerprint density at radius 2 is 1.74 bits per heavy atom. The van der Waals surface area contributed by atoms with Crippen LogP contribution in [0.15, 0.2) is 54.6 Å². The van der Waals surface area contributed by atoms with E-state index in [1.54, 1.807) is 24.3 Å². The zero-order chi connectivity index (χ0) is 16.4. The Balaban J connectivity index is 1.78. The topological polar surface area (TPSA) is 66.4 Å². The number of hydrogen-bond donors (Lipinski definition) is 3. The van der Waals surface area contributed by atoms with Gasteiger partial charge in [0.2, 0.25) is 5.91 Å². The number of carboxylic acid groups (broad SMARTS) is 1. The standard InChI is InChI=1S/C18H17NO3S/c20-17(14-10-12-8-4-5-9-13(12)16(14)23)19-15(18(21)22)11-6-2-1-3-7-11/h1-9,14-16,23H,10H2,(H,19,20)(H,21,22)/t14?,15-,16?/m1/s1. The van der Waals surface area contributed by atoms with E-state index in [9.17, 15) is 14.7 Å². The Morgan fingerprint density at radius 3 is 2.39 bits per heavy atom. The first-order chi connectivity index (χ1) is 11.1. The molecule has 4 nitrogen and oxygen atoms in total. The highest BCUT2D eigenvalue weighted by Gasteiger charge is 2.36. The minimum Gasteiger partial charge on any atom is -0.479 e. The Bertz CT molecular complexity index is 732. The van der Waals surface area contributed by atoms with Crippen molar-refractivity contribution >= 4 is 24.5 Å². The molecule has 1 aliphatic carbocycles. The monoisotopic (exact) mass is 327 g/mol. The van der Waals surface area contributed by atoms with Gasteiger partial charge in [-0.25, -0.2) is 4.79 Å². The maximum absolute atomic E-state index is 12.6. The first-order valence-electron chi connectivity index (χ1n) is 7.42. The van der Waals surface area contributed by atoms with Crippen molar-refractivity contribution in [3.63, 3.8) is 0 Å². The molecule has 0 heterocycles. The van der Waals surface area contributed by atoms with Gasteiger partial charge in [0, 0.05) is 5.25 Å². The van der Waals surface area contributed by atoms with Gasteiger partial charge in [0.25, 0.3) is 0 Å². The van der Waals surface area contributed by atoms with Crippen LogP contribution in [-0.4, -0.2) is 17.0 Å². The predicted octanol–water partition coefficient (Wildman–Crippen LogP) is 2.77. The minimum atomic E-state index is -1.07. The van der Waals surface area contributed by atoms with E-state index < -0.39 is 12.0 Å². The van der Waals surface area contributed by atoms with E-state index in [1.165, 1.54) is 0 Å². The summed E-state index contributed by atoms with van der Waals surface area (Å²) in [4.78, 5) is 24.1. The summed E-state index contributed by atoms with van der Waals surface area (Å²) in [5.74, 6) is -1.71. The highest BCUT2D eigenvalue weighted by Crippen LogP contribution is 2.40. The average molecular weight is 327 g/mol. The second kappa shape index (κ2) is 6.46. The van der Waals surface area contributed by atoms with Gasteiger partial charge in [-0.05, 0) is 23.1 Å². The molecule has 0 spiro atoms. The number of amides is 1. The summed E-state index contributed by atoms with van der Waals surface area (Å²) in [5, 5.41) is 11.9. The van der Waals surface area contributed by atoms with Crippen LogP contribution >= 0.6 is 12.6 Å². The average Bonchev–Trinajstić information content (AvgIpc) is 2.90. The molecule has 0 radical (unpaired) electrons. The molecule has 2 aromatic rings. The maximum Gasteiger partial charge on any atom is 0.330 e. The Kier molecular flexibility index (Phi) is 4.39. The quantitative estimate of drug-likeness (QED) is 0.757. The lowest BCUT2D eigenvalue weighted by molar-refractivity contribution is -0.142. The number of hydrogen-bond acceptors (Lipinski definition) is 3. The molecule has 0 saturated carbocycles. The van der Waals surface area contributed by atoms with Crippen molar-refractivity contribution < 1.29 is 14.7 Å². The van der Waals surface area contributed by atoms with Gasteiger partial charge in [-0.2, -0.15) is 12.6 Å². The summed E-state index contributed by atoms with van der Waals surface area (Å²) in [7, 11) is 0. The Morgan fingerprint density at radius 1 is 1.09 bits per heavy atom. The van der Waals surface area contributed by atoms with Crippen molar-refractivity contribution in [3.05, 3.63) is 71.3 Å². The van der Waals surface area contributed by atoms with E-state index in [1.807, 2.05) is 30.3 Å². The summed E-state index contributed by atoms with van der Waals surface area (Å²) >= 11 is 4.56. The lowest BCUT2D eigenvalue weighted by Crippen LogP contribution is -2.38. The molecule has 118 valence electrons. The fourth-order valence-electron chi connectivity index (χ4n) is 2.99. The van der Waals surface area contributed by atoms with E-state index in [-0.39, 0.29) is 17.1 Å². The van der Waals surface area contributed by atoms with Crippen LogP contribution in [0.2, 0.25) is 0 Å². The van der Waals surface area contributed by atoms with Crippen molar-refractivity contribution in [2.75, 3.05) is 0 Å². The first-order valence-corrected chi connectivity index (χ1v) is 7.93. The summed E-state index contributed by atoms with van der Waals surface area (Å²) in [6.45, 7) is 0. The van der Waals surface area contributed by atoms with Gasteiger partial charge in [0.05, 0.1) is 5.92 Å². The zero-order valence-corrected chi connectivity index (χ0v) is 13.2. The molecule has 0 fully saturated rings. The van der Waals surface area contributed by atoms with E-state index >= 15 is 0 Å². The van der Waals surface area contributed by atoms with Crippen molar-refractivity contribution in [1.29, 1.82) is 0 Å². The molecule has 2 unspecified atom stereocenters. The van der Waals surface area contributed by atoms with Gasteiger partial charge in [0.1, 0.15) is 0 Å². The molecule has 0 aliphatic heterocycles. The van der Waals surface area contributed by atoms with Gasteiger partial charge in [-0.3, -0.25) is 4.79 Å². The third-order valence-electron chi connectivity index (χ3n) is 4.20. The van der Waals surface area contributed by atoms with Crippen LogP contribution in [0.5, 0.6) is 0 Å². The molecule has 5 heteroatoms. The summed E-state index contributed by atoms with van der Waals surface area (Å²) in [5.41, 5.74) is 2.70. The molecule has 3 rings (SSSR count). The lowest BCUT2D eigenvalue weighted by atomic mass is 10.0. The SMILES string of the molecule is O=C(N[C@@H](C(=O)O)c1ccccc1)C1Cc2ccccc2C1S. The molecule has 3 atom stereocenters. The molecular weight excluding hydrogens is 310 g/mol. The lowest BCUT2D eigenvalue weighted by Gasteiger charge is -2.20. The fourth-order valence-corrected chi connectivity index (χ4v) is 3.49. The number of rotatable bonds is 4. The van der Waals surface area contributed by atoms with Crippen LogP contribution in [0.25, 0.3) is 0 Å². The van der Waals surface area contributed by atoms with E-state index in [4.69, 9.17) is 0 Å². The molecule has 1 aliphatic rings. The van der Waals surface area contributed by atoms with Crippen LogP contribution in [-0.2, 0) is 16.0 Å². The van der Waals surface area contributed by atoms with Crippen molar-refractivity contribution in [2.45, 2.75) is 17.7 Å². The number of fused-ring (bicyclic) bond motifs is 1. The van der Waals surface area contributed by atoms with Crippen molar-refractivity contribution in [1.82, 2.24) is 5.32 Å². The third kappa shape index (κ3) is 3.10. The normalized spacial score (nSPS) is 20.6. The van der Waals surface area contributed by atoms with Crippen LogP contribution in [0.4, 0.5) is 0 Å². The van der Waals surface area contributed by atoms with E-state index in [0.717, 1.165) is 11.1 Å². The first kappa shape index (κ1) is 15.6. The molecule has 0 bridgehead atoms. The molecule has 2 aromatic carbocycles. The summed E-state index contributed by atoms with van der Waals surface area (Å²) < 4.78 is 0. The van der Waals surface area contributed by atoms with E-state index in [2.05, 4.69) is 17.9 Å². The van der Waals surface area contributed by atoms with Gasteiger partial charge >= 0.3 is 5.97 Å². The molecular formula is C18H17NO3S. The highest BCUT2D eigenvalue weighted by molar-refractivity contribution is 7.80. The molecule has 0 saturated heterocycles. The third-order valence-corrected chi connectivity index (χ3v) is 4.84. The van der Waals surface area contributed by atoms with Crippen LogP contribution in [0.3, 0.4) is 0 Å². The van der Waals surface area contributed by atoms with Gasteiger partial charge in [0.15, 0.2) is 6.04 Å². The number of aliphatic carboxylic acids is 1. The largest absolute Gasteiger partial charge is 0.479 e. The predicted molar refractivity (Wildman–Crippen MR) is 90.3 cm³/mol. The number of carboxylic acids is 1. The second-order valence-electron chi connectivity index (χ2n) is 5.64. The van der Waals surface area contributed by atoms with Crippen LogP contribution in [0, 0.1) is 5.92 Å². The van der Waals surface area contributed by atoms with Gasteiger partial charge < -0.3 is 10.4 Å². The van der Waals surface area contributed by atoms with Crippen molar-refractivity contribution in [2.24, 2.45) is 5.92 Å². The fraction of sp³-hybridized carbons (Fsp3) is 0.222. The van der Waals surface area contributed by atoms with Crippen molar-refractivity contribution in [3.8, 4) is 0 Å². The second-order valence-corrected chi connectivity index (χ2v) is 6.20. The number of nitrogens with one attached hydrogen (secondary N) is 1. The molecule has 23 heavy (non-hydrogen) atoms. The van der Waals surface area contributed by atoms with Gasteiger partial charge in [-0.15, -0.1) is 0 Å².